The molecule has 0 spiro atoms. The van der Waals surface area contributed by atoms with Gasteiger partial charge in [0, 0.05) is 31.5 Å². The number of imidazole rings is 1. The number of nitrogens with zero attached hydrogens (tertiary/aromatic N) is 5. The second-order valence-electron chi connectivity index (χ2n) is 7.16. The van der Waals surface area contributed by atoms with E-state index in [0.29, 0.717) is 55.4 Å². The molecular formula is C20H20F3N5O5. The van der Waals surface area contributed by atoms with Crippen molar-refractivity contribution in [1.29, 1.82) is 0 Å². The first kappa shape index (κ1) is 23.8. The highest BCUT2D eigenvalue weighted by Crippen LogP contribution is 2.17. The van der Waals surface area contributed by atoms with Crippen LogP contribution in [0.1, 0.15) is 34.1 Å². The molecule has 1 aliphatic rings. The number of carboxylic acid groups (broad SMARTS) is 1. The summed E-state index contributed by atoms with van der Waals surface area (Å²) in [4.78, 5) is 44.6. The predicted molar refractivity (Wildman–Crippen MR) is 106 cm³/mol. The van der Waals surface area contributed by atoms with Gasteiger partial charge in [-0.2, -0.15) is 13.2 Å². The molecule has 0 fully saturated rings. The Hall–Kier alpha value is -3.90. The number of alkyl halides is 3. The van der Waals surface area contributed by atoms with Crippen molar-refractivity contribution in [3.05, 3.63) is 70.3 Å². The zero-order valence-electron chi connectivity index (χ0n) is 17.4. The fraction of sp³-hybridized carbons (Fsp3) is 0.350. The molecule has 4 rings (SSSR count). The first-order valence-corrected chi connectivity index (χ1v) is 9.75. The summed E-state index contributed by atoms with van der Waals surface area (Å²) in [5, 5.41) is 7.12. The fourth-order valence-corrected chi connectivity index (χ4v) is 3.23. The summed E-state index contributed by atoms with van der Waals surface area (Å²) in [6, 6.07) is 3.24. The lowest BCUT2D eigenvalue weighted by Gasteiger charge is -2.20. The molecule has 176 valence electrons. The smallest absolute Gasteiger partial charge is 0.475 e. The second kappa shape index (κ2) is 9.71. The molecule has 0 unspecified atom stereocenters. The number of rotatable bonds is 3. The minimum atomic E-state index is -5.08. The summed E-state index contributed by atoms with van der Waals surface area (Å²) in [7, 11) is 0. The fourth-order valence-electron chi connectivity index (χ4n) is 3.23. The molecule has 3 aromatic rings. The highest BCUT2D eigenvalue weighted by molar-refractivity contribution is 5.95. The van der Waals surface area contributed by atoms with Gasteiger partial charge in [0.1, 0.15) is 11.6 Å². The van der Waals surface area contributed by atoms with Gasteiger partial charge in [-0.05, 0) is 19.4 Å². The normalized spacial score (nSPS) is 13.5. The van der Waals surface area contributed by atoms with Crippen LogP contribution in [-0.4, -0.2) is 53.7 Å². The quantitative estimate of drug-likeness (QED) is 0.626. The molecule has 10 nitrogen and oxygen atoms in total. The molecule has 0 saturated heterocycles. The summed E-state index contributed by atoms with van der Waals surface area (Å²) in [6.07, 6.45) is 2.33. The number of carbonyl (C=O) groups is 2. The van der Waals surface area contributed by atoms with Gasteiger partial charge in [-0.25, -0.2) is 14.8 Å². The van der Waals surface area contributed by atoms with Crippen LogP contribution in [0.25, 0.3) is 0 Å². The van der Waals surface area contributed by atoms with E-state index in [-0.39, 0.29) is 11.5 Å². The van der Waals surface area contributed by atoms with Crippen molar-refractivity contribution in [2.75, 3.05) is 6.54 Å². The Morgan fingerprint density at radius 1 is 1.27 bits per heavy atom. The van der Waals surface area contributed by atoms with Gasteiger partial charge in [0.2, 0.25) is 0 Å². The van der Waals surface area contributed by atoms with Crippen molar-refractivity contribution >= 4 is 11.9 Å². The number of halogens is 3. The van der Waals surface area contributed by atoms with Crippen LogP contribution in [0, 0.1) is 6.92 Å². The van der Waals surface area contributed by atoms with Gasteiger partial charge in [-0.15, -0.1) is 0 Å². The topological polar surface area (TPSA) is 123 Å². The molecule has 13 heteroatoms. The van der Waals surface area contributed by atoms with Crippen molar-refractivity contribution in [3.63, 3.8) is 0 Å². The Balaban J connectivity index is 0.000000383. The van der Waals surface area contributed by atoms with Crippen molar-refractivity contribution in [2.45, 2.75) is 39.2 Å². The molecule has 3 aromatic heterocycles. The number of furan rings is 1. The summed E-state index contributed by atoms with van der Waals surface area (Å²) >= 11 is 0. The molecule has 0 aromatic carbocycles. The van der Waals surface area contributed by atoms with Crippen molar-refractivity contribution in [1.82, 2.24) is 24.0 Å². The summed E-state index contributed by atoms with van der Waals surface area (Å²) < 4.78 is 40.5. The van der Waals surface area contributed by atoms with Gasteiger partial charge >= 0.3 is 12.1 Å². The molecule has 0 bridgehead atoms. The third kappa shape index (κ3) is 5.87. The maximum atomic E-state index is 12.8. The van der Waals surface area contributed by atoms with Crippen LogP contribution >= 0.6 is 0 Å². The molecule has 0 atom stereocenters. The first-order valence-electron chi connectivity index (χ1n) is 9.75. The van der Waals surface area contributed by atoms with Gasteiger partial charge in [0.15, 0.2) is 0 Å². The molecule has 1 amide bonds. The number of fused-ring (bicyclic) bond motifs is 1. The van der Waals surface area contributed by atoms with Gasteiger partial charge in [0.25, 0.3) is 11.5 Å². The van der Waals surface area contributed by atoms with Crippen LogP contribution in [-0.2, 0) is 24.4 Å². The number of hydrogen-bond acceptors (Lipinski definition) is 6. The maximum Gasteiger partial charge on any atom is 0.490 e. The Morgan fingerprint density at radius 3 is 2.58 bits per heavy atom. The van der Waals surface area contributed by atoms with Crippen LogP contribution in [0.15, 0.2) is 46.3 Å². The maximum absolute atomic E-state index is 12.8. The molecule has 4 heterocycles. The SMILES string of the molecule is Cc1occc1C(=O)N1CCCn2c(nc(Cn3ccnc3)cc2=O)C1.O=C(O)C(F)(F)F. The highest BCUT2D eigenvalue weighted by Gasteiger charge is 2.38. The standard InChI is InChI=1S/C18H19N5O3.C2HF3O2/c1-13-15(3-8-26-13)18(25)22-5-2-6-23-16(11-22)20-14(9-17(23)24)10-21-7-4-19-12-21;3-2(4,5)1(6)7/h3-4,7-9,12H,2,5-6,10-11H2,1H3;(H,6,7). The van der Waals surface area contributed by atoms with E-state index in [0.717, 1.165) is 0 Å². The van der Waals surface area contributed by atoms with Crippen LogP contribution in [0.2, 0.25) is 0 Å². The summed E-state index contributed by atoms with van der Waals surface area (Å²) in [5.41, 5.74) is 1.13. The van der Waals surface area contributed by atoms with E-state index in [4.69, 9.17) is 14.3 Å². The lowest BCUT2D eigenvalue weighted by atomic mass is 10.2. The van der Waals surface area contributed by atoms with Gasteiger partial charge in [-0.3, -0.25) is 14.2 Å². The van der Waals surface area contributed by atoms with Gasteiger partial charge in [0.05, 0.1) is 36.9 Å². The number of amides is 1. The lowest BCUT2D eigenvalue weighted by molar-refractivity contribution is -0.192. The molecular weight excluding hydrogens is 447 g/mol. The van der Waals surface area contributed by atoms with Crippen LogP contribution < -0.4 is 5.56 Å². The van der Waals surface area contributed by atoms with E-state index in [2.05, 4.69) is 9.97 Å². The van der Waals surface area contributed by atoms with E-state index in [1.807, 2.05) is 10.8 Å². The first-order chi connectivity index (χ1) is 15.6. The molecule has 0 radical (unpaired) electrons. The van der Waals surface area contributed by atoms with E-state index < -0.39 is 12.1 Å². The Kier molecular flexibility index (Phi) is 6.99. The van der Waals surface area contributed by atoms with Crippen molar-refractivity contribution in [3.8, 4) is 0 Å². The Morgan fingerprint density at radius 2 is 2.00 bits per heavy atom. The van der Waals surface area contributed by atoms with Crippen molar-refractivity contribution in [2.24, 2.45) is 0 Å². The lowest BCUT2D eigenvalue weighted by Crippen LogP contribution is -2.32. The molecule has 0 saturated carbocycles. The predicted octanol–water partition coefficient (Wildman–Crippen LogP) is 2.07. The summed E-state index contributed by atoms with van der Waals surface area (Å²) in [5.74, 6) is -1.65. The number of aryl methyl sites for hydroxylation is 1. The van der Waals surface area contributed by atoms with E-state index >= 15 is 0 Å². The number of hydrogen-bond donors (Lipinski definition) is 1. The monoisotopic (exact) mass is 467 g/mol. The third-order valence-corrected chi connectivity index (χ3v) is 4.81. The Labute approximate surface area is 184 Å². The second-order valence-corrected chi connectivity index (χ2v) is 7.16. The third-order valence-electron chi connectivity index (χ3n) is 4.81. The summed E-state index contributed by atoms with van der Waals surface area (Å²) in [6.45, 7) is 3.67. The molecule has 0 aliphatic carbocycles. The van der Waals surface area contributed by atoms with Gasteiger partial charge < -0.3 is 19.0 Å². The largest absolute Gasteiger partial charge is 0.490 e. The minimum Gasteiger partial charge on any atom is -0.475 e. The van der Waals surface area contributed by atoms with E-state index in [1.165, 1.54) is 6.26 Å². The van der Waals surface area contributed by atoms with Crippen LogP contribution in [0.3, 0.4) is 0 Å². The molecule has 33 heavy (non-hydrogen) atoms. The highest BCUT2D eigenvalue weighted by atomic mass is 19.4. The molecule has 1 aliphatic heterocycles. The minimum absolute atomic E-state index is 0.0843. The number of aromatic nitrogens is 4. The van der Waals surface area contributed by atoms with E-state index in [1.54, 1.807) is 41.0 Å². The Bertz CT molecular complexity index is 1180. The van der Waals surface area contributed by atoms with Crippen LogP contribution in [0.4, 0.5) is 13.2 Å². The van der Waals surface area contributed by atoms with Crippen LogP contribution in [0.5, 0.6) is 0 Å². The number of aliphatic carboxylic acids is 1. The number of carbonyl (C=O) groups excluding carboxylic acids is 1. The molecule has 1 N–H and O–H groups in total. The average Bonchev–Trinajstić information content (AvgIpc) is 3.34. The zero-order valence-corrected chi connectivity index (χ0v) is 17.4. The van der Waals surface area contributed by atoms with E-state index in [9.17, 15) is 22.8 Å². The van der Waals surface area contributed by atoms with Crippen molar-refractivity contribution < 1.29 is 32.3 Å². The van der Waals surface area contributed by atoms with Gasteiger partial charge in [-0.1, -0.05) is 0 Å². The average molecular weight is 467 g/mol. The number of carboxylic acids is 1. The zero-order chi connectivity index (χ0) is 24.2.